The zero-order valence-corrected chi connectivity index (χ0v) is 25.0. The predicted octanol–water partition coefficient (Wildman–Crippen LogP) is 7.46. The van der Waals surface area contributed by atoms with Crippen LogP contribution in [0.5, 0.6) is 0 Å². The van der Waals surface area contributed by atoms with Crippen molar-refractivity contribution in [3.05, 3.63) is 84.9 Å². The first kappa shape index (κ1) is 30.0. The lowest BCUT2D eigenvalue weighted by molar-refractivity contribution is 0.825. The second-order valence-electron chi connectivity index (χ2n) is 9.98. The SMILES string of the molecule is CCCCNc1nc(Nc2ccccc2)nc(Nc2ccc(Nc3nc(NCCCC)nc(Nc4ccccc4)n3)cc2)n1. The molecule has 226 valence electrons. The van der Waals surface area contributed by atoms with Gasteiger partial charge < -0.3 is 31.9 Å². The molecule has 0 aliphatic rings. The van der Waals surface area contributed by atoms with E-state index >= 15 is 0 Å². The molecular formula is C32H38N12. The van der Waals surface area contributed by atoms with Gasteiger partial charge in [-0.1, -0.05) is 63.1 Å². The lowest BCUT2D eigenvalue weighted by Crippen LogP contribution is -2.11. The van der Waals surface area contributed by atoms with E-state index < -0.39 is 0 Å². The molecule has 0 saturated heterocycles. The maximum absolute atomic E-state index is 4.59. The van der Waals surface area contributed by atoms with Crippen molar-refractivity contribution in [2.24, 2.45) is 0 Å². The highest BCUT2D eigenvalue weighted by Crippen LogP contribution is 2.23. The fraction of sp³-hybridized carbons (Fsp3) is 0.250. The van der Waals surface area contributed by atoms with E-state index in [4.69, 9.17) is 0 Å². The number of nitrogens with zero attached hydrogens (tertiary/aromatic N) is 6. The summed E-state index contributed by atoms with van der Waals surface area (Å²) in [6.07, 6.45) is 4.19. The molecule has 2 aromatic heterocycles. The lowest BCUT2D eigenvalue weighted by Gasteiger charge is -2.13. The third-order valence-corrected chi connectivity index (χ3v) is 6.35. The average molecular weight is 591 g/mol. The van der Waals surface area contributed by atoms with E-state index in [0.717, 1.165) is 61.5 Å². The van der Waals surface area contributed by atoms with Crippen LogP contribution < -0.4 is 31.9 Å². The van der Waals surface area contributed by atoms with Gasteiger partial charge in [0.25, 0.3) is 0 Å². The van der Waals surface area contributed by atoms with E-state index in [1.807, 2.05) is 84.9 Å². The molecule has 2 heterocycles. The number of benzene rings is 3. The molecule has 12 nitrogen and oxygen atoms in total. The van der Waals surface area contributed by atoms with Crippen LogP contribution in [0.4, 0.5) is 58.4 Å². The minimum atomic E-state index is 0.426. The number of anilines is 10. The second-order valence-corrected chi connectivity index (χ2v) is 9.98. The summed E-state index contributed by atoms with van der Waals surface area (Å²) in [5, 5.41) is 19.7. The molecule has 0 atom stereocenters. The predicted molar refractivity (Wildman–Crippen MR) is 179 cm³/mol. The molecule has 0 amide bonds. The summed E-state index contributed by atoms with van der Waals surface area (Å²) in [4.78, 5) is 27.4. The van der Waals surface area contributed by atoms with Gasteiger partial charge in [0.15, 0.2) is 0 Å². The molecule has 6 N–H and O–H groups in total. The lowest BCUT2D eigenvalue weighted by atomic mass is 10.3. The van der Waals surface area contributed by atoms with Crippen LogP contribution >= 0.6 is 0 Å². The molecule has 0 aliphatic heterocycles. The molecule has 0 spiro atoms. The topological polar surface area (TPSA) is 150 Å². The van der Waals surface area contributed by atoms with Crippen molar-refractivity contribution in [1.82, 2.24) is 29.9 Å². The molecule has 5 aromatic rings. The first-order valence-corrected chi connectivity index (χ1v) is 14.9. The Hall–Kier alpha value is -5.52. The summed E-state index contributed by atoms with van der Waals surface area (Å²) in [5.74, 6) is 2.76. The third kappa shape index (κ3) is 9.24. The number of hydrogen-bond donors (Lipinski definition) is 6. The van der Waals surface area contributed by atoms with Gasteiger partial charge in [0.05, 0.1) is 0 Å². The van der Waals surface area contributed by atoms with Gasteiger partial charge in [-0.15, -0.1) is 0 Å². The minimum Gasteiger partial charge on any atom is -0.354 e. The van der Waals surface area contributed by atoms with Gasteiger partial charge >= 0.3 is 0 Å². The van der Waals surface area contributed by atoms with E-state index in [2.05, 4.69) is 75.7 Å². The molecule has 3 aromatic carbocycles. The molecule has 5 rings (SSSR count). The Morgan fingerprint density at radius 3 is 1.00 bits per heavy atom. The Morgan fingerprint density at radius 2 is 0.682 bits per heavy atom. The molecule has 0 unspecified atom stereocenters. The Morgan fingerprint density at radius 1 is 0.386 bits per heavy atom. The molecule has 0 radical (unpaired) electrons. The zero-order valence-electron chi connectivity index (χ0n) is 25.0. The van der Waals surface area contributed by atoms with E-state index in [0.29, 0.717) is 35.7 Å². The molecule has 0 bridgehead atoms. The van der Waals surface area contributed by atoms with Crippen LogP contribution in [0, 0.1) is 0 Å². The van der Waals surface area contributed by atoms with Gasteiger partial charge in [-0.05, 0) is 61.4 Å². The van der Waals surface area contributed by atoms with Crippen molar-refractivity contribution in [2.75, 3.05) is 45.0 Å². The number of nitrogens with one attached hydrogen (secondary N) is 6. The molecule has 44 heavy (non-hydrogen) atoms. The van der Waals surface area contributed by atoms with Gasteiger partial charge in [0, 0.05) is 35.8 Å². The standard InChI is InChI=1S/C32H38N12/c1-3-5-21-33-27-39-29(35-23-13-9-7-10-14-23)43-31(41-27)37-25-17-19-26(20-18-25)38-32-42-28(34-22-6-4-2)40-30(44-32)36-24-15-11-8-12-16-24/h7-20H,3-6,21-22H2,1-2H3,(H3,33,35,37,39,41,43)(H3,34,36,38,40,42,44). The van der Waals surface area contributed by atoms with Gasteiger partial charge in [-0.2, -0.15) is 29.9 Å². The highest BCUT2D eigenvalue weighted by atomic mass is 15.3. The van der Waals surface area contributed by atoms with Crippen molar-refractivity contribution >= 4 is 58.4 Å². The van der Waals surface area contributed by atoms with E-state index in [1.165, 1.54) is 0 Å². The van der Waals surface area contributed by atoms with Crippen LogP contribution in [0.1, 0.15) is 39.5 Å². The summed E-state index contributed by atoms with van der Waals surface area (Å²) in [7, 11) is 0. The molecule has 12 heteroatoms. The Labute approximate surface area is 257 Å². The van der Waals surface area contributed by atoms with E-state index in [9.17, 15) is 0 Å². The molecule has 0 aliphatic carbocycles. The van der Waals surface area contributed by atoms with Crippen LogP contribution in [0.15, 0.2) is 84.9 Å². The highest BCUT2D eigenvalue weighted by Gasteiger charge is 2.10. The van der Waals surface area contributed by atoms with Crippen molar-refractivity contribution < 1.29 is 0 Å². The number of para-hydroxylation sites is 2. The summed E-state index contributed by atoms with van der Waals surface area (Å²) in [6, 6.07) is 27.4. The average Bonchev–Trinajstić information content (AvgIpc) is 3.03. The number of unbranched alkanes of at least 4 members (excludes halogenated alkanes) is 2. The Bertz CT molecular complexity index is 1460. The smallest absolute Gasteiger partial charge is 0.233 e. The highest BCUT2D eigenvalue weighted by molar-refractivity contribution is 5.64. The molecule has 0 saturated carbocycles. The van der Waals surface area contributed by atoms with Crippen molar-refractivity contribution in [3.63, 3.8) is 0 Å². The van der Waals surface area contributed by atoms with Gasteiger partial charge in [-0.25, -0.2) is 0 Å². The Balaban J connectivity index is 1.30. The first-order valence-electron chi connectivity index (χ1n) is 14.9. The summed E-state index contributed by atoms with van der Waals surface area (Å²) in [6.45, 7) is 5.85. The molecular weight excluding hydrogens is 552 g/mol. The van der Waals surface area contributed by atoms with Crippen molar-refractivity contribution in [3.8, 4) is 0 Å². The largest absolute Gasteiger partial charge is 0.354 e. The minimum absolute atomic E-state index is 0.426. The maximum Gasteiger partial charge on any atom is 0.233 e. The maximum atomic E-state index is 4.59. The summed E-state index contributed by atoms with van der Waals surface area (Å²) < 4.78 is 0. The van der Waals surface area contributed by atoms with E-state index in [1.54, 1.807) is 0 Å². The number of rotatable bonds is 16. The van der Waals surface area contributed by atoms with Crippen LogP contribution in [0.2, 0.25) is 0 Å². The quantitative estimate of drug-likeness (QED) is 0.0633. The fourth-order valence-corrected chi connectivity index (χ4v) is 4.08. The zero-order chi connectivity index (χ0) is 30.4. The second kappa shape index (κ2) is 15.6. The normalized spacial score (nSPS) is 10.6. The van der Waals surface area contributed by atoms with Crippen LogP contribution in [-0.4, -0.2) is 43.0 Å². The van der Waals surface area contributed by atoms with Crippen LogP contribution in [-0.2, 0) is 0 Å². The van der Waals surface area contributed by atoms with Crippen molar-refractivity contribution in [2.45, 2.75) is 39.5 Å². The number of hydrogen-bond acceptors (Lipinski definition) is 12. The monoisotopic (exact) mass is 590 g/mol. The summed E-state index contributed by atoms with van der Waals surface area (Å²) >= 11 is 0. The van der Waals surface area contributed by atoms with Gasteiger partial charge in [0.1, 0.15) is 0 Å². The van der Waals surface area contributed by atoms with Crippen LogP contribution in [0.25, 0.3) is 0 Å². The molecule has 0 fully saturated rings. The summed E-state index contributed by atoms with van der Waals surface area (Å²) in [5.41, 5.74) is 3.42. The number of aromatic nitrogens is 6. The van der Waals surface area contributed by atoms with Crippen molar-refractivity contribution in [1.29, 1.82) is 0 Å². The fourth-order valence-electron chi connectivity index (χ4n) is 4.08. The van der Waals surface area contributed by atoms with Crippen LogP contribution in [0.3, 0.4) is 0 Å². The van der Waals surface area contributed by atoms with Gasteiger partial charge in [-0.3, -0.25) is 0 Å². The van der Waals surface area contributed by atoms with E-state index in [-0.39, 0.29) is 0 Å². The third-order valence-electron chi connectivity index (χ3n) is 6.35. The Kier molecular flexibility index (Phi) is 10.6. The first-order chi connectivity index (χ1) is 21.7. The van der Waals surface area contributed by atoms with Gasteiger partial charge in [0.2, 0.25) is 35.7 Å².